The summed E-state index contributed by atoms with van der Waals surface area (Å²) >= 11 is 1.30. The zero-order valence-electron chi connectivity index (χ0n) is 15.9. The number of nitrogens with zero attached hydrogens (tertiary/aromatic N) is 2. The molecule has 2 N–H and O–H groups in total. The van der Waals surface area contributed by atoms with E-state index >= 15 is 0 Å². The van der Waals surface area contributed by atoms with E-state index in [1.165, 1.54) is 11.3 Å². The third kappa shape index (κ3) is 4.95. The highest BCUT2D eigenvalue weighted by atomic mass is 32.1. The summed E-state index contributed by atoms with van der Waals surface area (Å²) in [4.78, 5) is 24.9. The van der Waals surface area contributed by atoms with Gasteiger partial charge in [0.25, 0.3) is 5.91 Å². The summed E-state index contributed by atoms with van der Waals surface area (Å²) in [6, 6.07) is 25.9. The quantitative estimate of drug-likeness (QED) is 0.481. The maximum absolute atomic E-state index is 12.6. The maximum Gasteiger partial charge on any atom is 0.257 e. The SMILES string of the molecule is O=C(Cc1ccccc1)Nc1cccc(C(=O)Nc2nnc(-c3ccccc3)s2)c1. The molecular formula is C23H18N4O2S. The first-order valence-electron chi connectivity index (χ1n) is 9.31. The Balaban J connectivity index is 1.40. The number of nitrogens with one attached hydrogen (secondary N) is 2. The van der Waals surface area contributed by atoms with E-state index in [9.17, 15) is 9.59 Å². The van der Waals surface area contributed by atoms with E-state index in [-0.39, 0.29) is 18.2 Å². The van der Waals surface area contributed by atoms with Gasteiger partial charge in [0.15, 0.2) is 0 Å². The smallest absolute Gasteiger partial charge is 0.257 e. The maximum atomic E-state index is 12.6. The minimum Gasteiger partial charge on any atom is -0.326 e. The largest absolute Gasteiger partial charge is 0.326 e. The van der Waals surface area contributed by atoms with E-state index < -0.39 is 0 Å². The summed E-state index contributed by atoms with van der Waals surface area (Å²) in [6.45, 7) is 0. The van der Waals surface area contributed by atoms with Crippen LogP contribution < -0.4 is 10.6 Å². The fourth-order valence-electron chi connectivity index (χ4n) is 2.87. The van der Waals surface area contributed by atoms with Crippen molar-refractivity contribution in [2.75, 3.05) is 10.6 Å². The van der Waals surface area contributed by atoms with Gasteiger partial charge in [-0.25, -0.2) is 0 Å². The summed E-state index contributed by atoms with van der Waals surface area (Å²) in [5.41, 5.74) is 2.85. The normalized spacial score (nSPS) is 10.4. The Bertz CT molecular complexity index is 1160. The van der Waals surface area contributed by atoms with Crippen LogP contribution in [0.4, 0.5) is 10.8 Å². The van der Waals surface area contributed by atoms with E-state index in [2.05, 4.69) is 20.8 Å². The third-order valence-electron chi connectivity index (χ3n) is 4.28. The lowest BCUT2D eigenvalue weighted by atomic mass is 10.1. The lowest BCUT2D eigenvalue weighted by Crippen LogP contribution is -2.16. The zero-order chi connectivity index (χ0) is 20.8. The van der Waals surface area contributed by atoms with E-state index in [0.29, 0.717) is 16.4 Å². The molecule has 1 aromatic heterocycles. The van der Waals surface area contributed by atoms with Crippen molar-refractivity contribution in [2.45, 2.75) is 6.42 Å². The molecule has 0 saturated heterocycles. The second-order valence-electron chi connectivity index (χ2n) is 6.52. The molecule has 0 aliphatic rings. The van der Waals surface area contributed by atoms with Gasteiger partial charge in [-0.15, -0.1) is 10.2 Å². The Morgan fingerprint density at radius 3 is 2.30 bits per heavy atom. The molecule has 0 spiro atoms. The monoisotopic (exact) mass is 414 g/mol. The molecule has 0 aliphatic heterocycles. The zero-order valence-corrected chi connectivity index (χ0v) is 16.7. The molecule has 0 fully saturated rings. The molecule has 6 nitrogen and oxygen atoms in total. The molecule has 0 saturated carbocycles. The number of hydrogen-bond acceptors (Lipinski definition) is 5. The van der Waals surface area contributed by atoms with Gasteiger partial charge in [0.1, 0.15) is 5.01 Å². The van der Waals surface area contributed by atoms with Crippen molar-refractivity contribution in [3.63, 3.8) is 0 Å². The van der Waals surface area contributed by atoms with Crippen molar-refractivity contribution in [1.82, 2.24) is 10.2 Å². The average Bonchev–Trinajstić information content (AvgIpc) is 3.24. The Morgan fingerprint density at radius 1 is 0.800 bits per heavy atom. The van der Waals surface area contributed by atoms with Crippen molar-refractivity contribution in [3.8, 4) is 10.6 Å². The predicted molar refractivity (Wildman–Crippen MR) is 119 cm³/mol. The molecule has 0 atom stereocenters. The molecule has 148 valence electrons. The first kappa shape index (κ1) is 19.5. The fraction of sp³-hybridized carbons (Fsp3) is 0.0435. The summed E-state index contributed by atoms with van der Waals surface area (Å²) in [6.07, 6.45) is 0.268. The average molecular weight is 414 g/mol. The number of hydrogen-bond donors (Lipinski definition) is 2. The molecule has 30 heavy (non-hydrogen) atoms. The van der Waals surface area contributed by atoms with Gasteiger partial charge in [-0.05, 0) is 23.8 Å². The first-order valence-corrected chi connectivity index (χ1v) is 10.1. The molecule has 0 radical (unpaired) electrons. The van der Waals surface area contributed by atoms with Gasteiger partial charge in [0, 0.05) is 16.8 Å². The van der Waals surface area contributed by atoms with E-state index in [0.717, 1.165) is 16.1 Å². The standard InChI is InChI=1S/C23H18N4O2S/c28-20(14-16-8-3-1-4-9-16)24-19-13-7-12-18(15-19)21(29)25-23-27-26-22(30-23)17-10-5-2-6-11-17/h1-13,15H,14H2,(H,24,28)(H,25,27,29). The van der Waals surface area contributed by atoms with Gasteiger partial charge in [-0.2, -0.15) is 0 Å². The highest BCUT2D eigenvalue weighted by Gasteiger charge is 2.12. The van der Waals surface area contributed by atoms with Crippen LogP contribution in [0.1, 0.15) is 15.9 Å². The van der Waals surface area contributed by atoms with E-state index in [1.807, 2.05) is 60.7 Å². The molecule has 2 amide bonds. The minimum absolute atomic E-state index is 0.143. The number of benzene rings is 3. The van der Waals surface area contributed by atoms with Crippen LogP contribution in [-0.2, 0) is 11.2 Å². The van der Waals surface area contributed by atoms with Crippen LogP contribution in [0.25, 0.3) is 10.6 Å². The van der Waals surface area contributed by atoms with Crippen molar-refractivity contribution in [3.05, 3.63) is 96.1 Å². The molecule has 4 rings (SSSR count). The number of anilines is 2. The molecule has 0 unspecified atom stereocenters. The Hall–Kier alpha value is -3.84. The number of carbonyl (C=O) groups excluding carboxylic acids is 2. The van der Waals surface area contributed by atoms with Crippen LogP contribution in [0.2, 0.25) is 0 Å². The molecule has 0 bridgehead atoms. The van der Waals surface area contributed by atoms with Crippen molar-refractivity contribution >= 4 is 34.0 Å². The molecule has 0 aliphatic carbocycles. The molecular weight excluding hydrogens is 396 g/mol. The molecule has 7 heteroatoms. The predicted octanol–water partition coefficient (Wildman–Crippen LogP) is 4.64. The summed E-state index contributed by atoms with van der Waals surface area (Å²) in [7, 11) is 0. The molecule has 1 heterocycles. The summed E-state index contributed by atoms with van der Waals surface area (Å²) in [5, 5.41) is 14.9. The second kappa shape index (κ2) is 9.11. The molecule has 3 aromatic carbocycles. The second-order valence-corrected chi connectivity index (χ2v) is 7.50. The topological polar surface area (TPSA) is 84.0 Å². The molecule has 4 aromatic rings. The number of carbonyl (C=O) groups is 2. The van der Waals surface area contributed by atoms with E-state index in [1.54, 1.807) is 24.3 Å². The summed E-state index contributed by atoms with van der Waals surface area (Å²) in [5.74, 6) is -0.458. The van der Waals surface area contributed by atoms with Gasteiger partial charge in [0.05, 0.1) is 6.42 Å². The van der Waals surface area contributed by atoms with Crippen LogP contribution in [0.5, 0.6) is 0 Å². The van der Waals surface area contributed by atoms with Gasteiger partial charge >= 0.3 is 0 Å². The van der Waals surface area contributed by atoms with Crippen molar-refractivity contribution in [2.24, 2.45) is 0 Å². The van der Waals surface area contributed by atoms with Gasteiger partial charge in [0.2, 0.25) is 11.0 Å². The Labute approximate surface area is 177 Å². The fourth-order valence-corrected chi connectivity index (χ4v) is 3.61. The van der Waals surface area contributed by atoms with Crippen LogP contribution >= 0.6 is 11.3 Å². The lowest BCUT2D eigenvalue weighted by Gasteiger charge is -2.07. The van der Waals surface area contributed by atoms with Crippen LogP contribution in [-0.4, -0.2) is 22.0 Å². The third-order valence-corrected chi connectivity index (χ3v) is 5.17. The number of amides is 2. The highest BCUT2D eigenvalue weighted by Crippen LogP contribution is 2.26. The van der Waals surface area contributed by atoms with Crippen molar-refractivity contribution in [1.29, 1.82) is 0 Å². The van der Waals surface area contributed by atoms with Gasteiger partial charge < -0.3 is 5.32 Å². The van der Waals surface area contributed by atoms with Crippen LogP contribution in [0.15, 0.2) is 84.9 Å². The van der Waals surface area contributed by atoms with Crippen LogP contribution in [0, 0.1) is 0 Å². The van der Waals surface area contributed by atoms with Gasteiger partial charge in [-0.3, -0.25) is 14.9 Å². The highest BCUT2D eigenvalue weighted by molar-refractivity contribution is 7.18. The van der Waals surface area contributed by atoms with Crippen molar-refractivity contribution < 1.29 is 9.59 Å². The van der Waals surface area contributed by atoms with Crippen LogP contribution in [0.3, 0.4) is 0 Å². The van der Waals surface area contributed by atoms with E-state index in [4.69, 9.17) is 0 Å². The van der Waals surface area contributed by atoms with Gasteiger partial charge in [-0.1, -0.05) is 78.1 Å². The summed E-state index contributed by atoms with van der Waals surface area (Å²) < 4.78 is 0. The lowest BCUT2D eigenvalue weighted by molar-refractivity contribution is -0.115. The Morgan fingerprint density at radius 2 is 1.53 bits per heavy atom. The number of aromatic nitrogens is 2. The first-order chi connectivity index (χ1) is 14.7. The minimum atomic E-state index is -0.315. The number of rotatable bonds is 6. The Kier molecular flexibility index (Phi) is 5.91.